The van der Waals surface area contributed by atoms with Crippen LogP contribution in [-0.2, 0) is 14.0 Å². The van der Waals surface area contributed by atoms with Crippen molar-refractivity contribution < 1.29 is 14.0 Å². The molecule has 0 N–H and O–H groups in total. The number of ether oxygens (including phenoxy) is 1. The van der Waals surface area contributed by atoms with Crippen molar-refractivity contribution in [3.8, 4) is 12.3 Å². The number of esters is 1. The largest absolute Gasteiger partial charge is 0.451 e. The molecule has 0 aromatic heterocycles. The van der Waals surface area contributed by atoms with Crippen LogP contribution in [0.2, 0.25) is 19.6 Å². The molecule has 0 aliphatic rings. The second-order valence-electron chi connectivity index (χ2n) is 3.68. The molecule has 0 radical (unpaired) electrons. The van der Waals surface area contributed by atoms with E-state index in [1.807, 2.05) is 19.6 Å². The second kappa shape index (κ2) is 5.05. The predicted molar refractivity (Wildman–Crippen MR) is 53.7 cm³/mol. The normalized spacial score (nSPS) is 13.2. The quantitative estimate of drug-likeness (QED) is 0.391. The van der Waals surface area contributed by atoms with Gasteiger partial charge in [-0.3, -0.25) is 0 Å². The molecule has 0 heterocycles. The van der Waals surface area contributed by atoms with E-state index in [1.165, 1.54) is 0 Å². The monoisotopic (exact) mass is 200 g/mol. The van der Waals surface area contributed by atoms with Gasteiger partial charge in [0.1, 0.15) is 6.10 Å². The van der Waals surface area contributed by atoms with Crippen molar-refractivity contribution in [1.82, 2.24) is 0 Å². The maximum atomic E-state index is 11.2. The minimum Gasteiger partial charge on any atom is -0.451 e. The fourth-order valence-electron chi connectivity index (χ4n) is 0.809. The van der Waals surface area contributed by atoms with Crippen molar-refractivity contribution >= 4 is 14.3 Å². The maximum Gasteiger partial charge on any atom is 0.334 e. The smallest absolute Gasteiger partial charge is 0.334 e. The predicted octanol–water partition coefficient (Wildman–Crippen LogP) is 1.40. The zero-order chi connectivity index (χ0) is 10.5. The van der Waals surface area contributed by atoms with Crippen molar-refractivity contribution in [3.63, 3.8) is 0 Å². The maximum absolute atomic E-state index is 11.2. The van der Waals surface area contributed by atoms with E-state index in [0.29, 0.717) is 0 Å². The minimum atomic E-state index is -1.67. The molecule has 0 amide bonds. The first-order valence-electron chi connectivity index (χ1n) is 4.15. The molecule has 0 spiro atoms. The minimum absolute atomic E-state index is 0.0121. The fourth-order valence-corrected chi connectivity index (χ4v) is 1.97. The van der Waals surface area contributed by atoms with Gasteiger partial charge in [0.15, 0.2) is 14.9 Å². The summed E-state index contributed by atoms with van der Waals surface area (Å²) in [4.78, 5) is 11.2. The highest BCUT2D eigenvalue weighted by Gasteiger charge is 2.23. The van der Waals surface area contributed by atoms with Crippen LogP contribution in [0.15, 0.2) is 0 Å². The Morgan fingerprint density at radius 3 is 2.46 bits per heavy atom. The molecule has 0 fully saturated rings. The lowest BCUT2D eigenvalue weighted by Gasteiger charge is -2.21. The fraction of sp³-hybridized carbons (Fsp3) is 0.667. The van der Waals surface area contributed by atoms with E-state index in [2.05, 4.69) is 5.92 Å². The number of carbonyl (C=O) groups is 1. The average molecular weight is 200 g/mol. The van der Waals surface area contributed by atoms with E-state index in [-0.39, 0.29) is 12.6 Å². The molecule has 1 atom stereocenters. The van der Waals surface area contributed by atoms with E-state index in [1.54, 1.807) is 6.92 Å². The molecular formula is C9H16O3Si. The lowest BCUT2D eigenvalue weighted by atomic mass is 10.4. The van der Waals surface area contributed by atoms with Crippen LogP contribution in [0.1, 0.15) is 6.92 Å². The summed E-state index contributed by atoms with van der Waals surface area (Å²) in [6, 6.07) is 0. The molecule has 4 heteroatoms. The summed E-state index contributed by atoms with van der Waals surface area (Å²) in [5.41, 5.74) is 0. The van der Waals surface area contributed by atoms with Crippen LogP contribution >= 0.6 is 0 Å². The summed E-state index contributed by atoms with van der Waals surface area (Å²) < 4.78 is 10.2. The Kier molecular flexibility index (Phi) is 4.74. The molecule has 1 unspecified atom stereocenters. The Labute approximate surface area is 80.6 Å². The third-order valence-electron chi connectivity index (χ3n) is 1.16. The molecule has 0 saturated carbocycles. The Morgan fingerprint density at radius 2 is 2.08 bits per heavy atom. The standard InChI is InChI=1S/C9H16O3Si/c1-6-7-11-9(10)8(2)12-13(3,4)5/h1,8H,7H2,2-5H3. The Morgan fingerprint density at radius 1 is 1.54 bits per heavy atom. The van der Waals surface area contributed by atoms with E-state index in [0.717, 1.165) is 0 Å². The molecule has 0 saturated heterocycles. The average Bonchev–Trinajstić information content (AvgIpc) is 1.96. The molecule has 0 aliphatic heterocycles. The van der Waals surface area contributed by atoms with Gasteiger partial charge in [0.25, 0.3) is 0 Å². The van der Waals surface area contributed by atoms with Crippen molar-refractivity contribution in [2.24, 2.45) is 0 Å². The summed E-state index contributed by atoms with van der Waals surface area (Å²) in [6.07, 6.45) is 4.43. The summed E-state index contributed by atoms with van der Waals surface area (Å²) in [7, 11) is -1.67. The number of hydrogen-bond acceptors (Lipinski definition) is 3. The number of hydrogen-bond donors (Lipinski definition) is 0. The van der Waals surface area contributed by atoms with Gasteiger partial charge < -0.3 is 9.16 Å². The Hall–Kier alpha value is -0.793. The van der Waals surface area contributed by atoms with Crippen LogP contribution in [0.5, 0.6) is 0 Å². The van der Waals surface area contributed by atoms with E-state index in [4.69, 9.17) is 15.6 Å². The zero-order valence-corrected chi connectivity index (χ0v) is 9.59. The molecule has 0 aliphatic carbocycles. The number of rotatable bonds is 4. The molecule has 0 aromatic carbocycles. The van der Waals surface area contributed by atoms with Crippen LogP contribution in [0.4, 0.5) is 0 Å². The third kappa shape index (κ3) is 6.38. The van der Waals surface area contributed by atoms with Gasteiger partial charge in [0, 0.05) is 0 Å². The Balaban J connectivity index is 3.91. The highest BCUT2D eigenvalue weighted by atomic mass is 28.4. The number of carbonyl (C=O) groups excluding carboxylic acids is 1. The van der Waals surface area contributed by atoms with Crippen LogP contribution in [0.25, 0.3) is 0 Å². The molecule has 13 heavy (non-hydrogen) atoms. The van der Waals surface area contributed by atoms with Gasteiger partial charge in [0.2, 0.25) is 0 Å². The lowest BCUT2D eigenvalue weighted by Crippen LogP contribution is -2.35. The highest BCUT2D eigenvalue weighted by molar-refractivity contribution is 6.69. The first-order chi connectivity index (χ1) is 5.87. The summed E-state index contributed by atoms with van der Waals surface area (Å²) in [6.45, 7) is 7.73. The van der Waals surface area contributed by atoms with Gasteiger partial charge in [0.05, 0.1) is 0 Å². The van der Waals surface area contributed by atoms with Gasteiger partial charge in [-0.2, -0.15) is 0 Å². The van der Waals surface area contributed by atoms with Crippen LogP contribution < -0.4 is 0 Å². The lowest BCUT2D eigenvalue weighted by molar-refractivity contribution is -0.149. The van der Waals surface area contributed by atoms with Gasteiger partial charge >= 0.3 is 5.97 Å². The van der Waals surface area contributed by atoms with E-state index in [9.17, 15) is 4.79 Å². The molecule has 0 rings (SSSR count). The van der Waals surface area contributed by atoms with Gasteiger partial charge in [-0.05, 0) is 26.6 Å². The molecule has 74 valence electrons. The summed E-state index contributed by atoms with van der Waals surface area (Å²) in [5, 5.41) is 0. The van der Waals surface area contributed by atoms with Crippen molar-refractivity contribution in [1.29, 1.82) is 0 Å². The molecule has 3 nitrogen and oxygen atoms in total. The van der Waals surface area contributed by atoms with Crippen LogP contribution in [0, 0.1) is 12.3 Å². The summed E-state index contributed by atoms with van der Waals surface area (Å²) in [5.74, 6) is 1.84. The van der Waals surface area contributed by atoms with E-state index >= 15 is 0 Å². The topological polar surface area (TPSA) is 35.5 Å². The van der Waals surface area contributed by atoms with Gasteiger partial charge in [-0.15, -0.1) is 6.42 Å². The van der Waals surface area contributed by atoms with Crippen LogP contribution in [0.3, 0.4) is 0 Å². The summed E-state index contributed by atoms with van der Waals surface area (Å²) >= 11 is 0. The molecule has 0 bridgehead atoms. The first-order valence-corrected chi connectivity index (χ1v) is 7.55. The van der Waals surface area contributed by atoms with Crippen molar-refractivity contribution in [2.45, 2.75) is 32.7 Å². The van der Waals surface area contributed by atoms with E-state index < -0.39 is 14.4 Å². The van der Waals surface area contributed by atoms with Crippen molar-refractivity contribution in [2.75, 3.05) is 6.61 Å². The van der Waals surface area contributed by atoms with Gasteiger partial charge in [-0.25, -0.2) is 4.79 Å². The SMILES string of the molecule is C#CCOC(=O)C(C)O[Si](C)(C)C. The first kappa shape index (κ1) is 12.2. The highest BCUT2D eigenvalue weighted by Crippen LogP contribution is 2.07. The zero-order valence-electron chi connectivity index (χ0n) is 8.59. The Bertz CT molecular complexity index is 212. The number of terminal acetylenes is 1. The van der Waals surface area contributed by atoms with Gasteiger partial charge in [-0.1, -0.05) is 5.92 Å². The second-order valence-corrected chi connectivity index (χ2v) is 8.14. The third-order valence-corrected chi connectivity index (χ3v) is 2.22. The molecular weight excluding hydrogens is 184 g/mol. The van der Waals surface area contributed by atoms with Crippen molar-refractivity contribution in [3.05, 3.63) is 0 Å². The van der Waals surface area contributed by atoms with Crippen LogP contribution in [-0.4, -0.2) is 27.0 Å². The molecule has 0 aromatic rings.